The first kappa shape index (κ1) is 12.8. The van der Waals surface area contributed by atoms with Crippen molar-refractivity contribution in [3.63, 3.8) is 0 Å². The van der Waals surface area contributed by atoms with E-state index in [0.717, 1.165) is 18.8 Å². The van der Waals surface area contributed by atoms with Crippen molar-refractivity contribution in [3.05, 3.63) is 48.0 Å². The van der Waals surface area contributed by atoms with Crippen LogP contribution in [-0.2, 0) is 13.5 Å². The van der Waals surface area contributed by atoms with E-state index in [0.29, 0.717) is 6.04 Å². The van der Waals surface area contributed by atoms with Gasteiger partial charge in [0.15, 0.2) is 0 Å². The number of fused-ring (bicyclic) bond motifs is 1. The Morgan fingerprint density at radius 3 is 3.16 bits per heavy atom. The van der Waals surface area contributed by atoms with E-state index in [9.17, 15) is 0 Å². The van der Waals surface area contributed by atoms with Crippen LogP contribution in [0.2, 0.25) is 0 Å². The summed E-state index contributed by atoms with van der Waals surface area (Å²) in [5.41, 5.74) is 1.46. The Bertz CT molecular complexity index is 550. The predicted molar refractivity (Wildman–Crippen MR) is 79.4 cm³/mol. The van der Waals surface area contributed by atoms with Crippen LogP contribution in [0.15, 0.2) is 41.6 Å². The van der Waals surface area contributed by atoms with Gasteiger partial charge in [-0.05, 0) is 23.8 Å². The summed E-state index contributed by atoms with van der Waals surface area (Å²) >= 11 is 1.97. The molecule has 19 heavy (non-hydrogen) atoms. The van der Waals surface area contributed by atoms with Gasteiger partial charge in [-0.3, -0.25) is 0 Å². The second-order valence-corrected chi connectivity index (χ2v) is 6.02. The fourth-order valence-electron chi connectivity index (χ4n) is 2.55. The first-order valence-corrected chi connectivity index (χ1v) is 7.74. The molecule has 0 fully saturated rings. The summed E-state index contributed by atoms with van der Waals surface area (Å²) in [5.74, 6) is 2.35. The number of benzene rings is 1. The number of nitrogens with zero attached hydrogens (tertiary/aromatic N) is 2. The van der Waals surface area contributed by atoms with Crippen LogP contribution < -0.4 is 5.32 Å². The molecule has 0 bridgehead atoms. The summed E-state index contributed by atoms with van der Waals surface area (Å²) in [6.45, 7) is 0.981. The molecule has 0 spiro atoms. The Hall–Kier alpha value is -1.26. The molecule has 1 aliphatic heterocycles. The Morgan fingerprint density at radius 2 is 2.32 bits per heavy atom. The van der Waals surface area contributed by atoms with Crippen molar-refractivity contribution in [1.29, 1.82) is 0 Å². The number of thioether (sulfide) groups is 1. The largest absolute Gasteiger partial charge is 0.338 e. The minimum atomic E-state index is 0.498. The zero-order valence-corrected chi connectivity index (χ0v) is 12.0. The summed E-state index contributed by atoms with van der Waals surface area (Å²) in [6, 6.07) is 9.24. The Kier molecular flexibility index (Phi) is 3.89. The Morgan fingerprint density at radius 1 is 1.42 bits per heavy atom. The van der Waals surface area contributed by atoms with Crippen molar-refractivity contribution in [2.75, 3.05) is 12.3 Å². The first-order valence-electron chi connectivity index (χ1n) is 6.76. The molecule has 1 unspecified atom stereocenters. The van der Waals surface area contributed by atoms with Gasteiger partial charge in [-0.1, -0.05) is 18.2 Å². The lowest BCUT2D eigenvalue weighted by Crippen LogP contribution is -2.27. The van der Waals surface area contributed by atoms with Crippen LogP contribution in [0.3, 0.4) is 0 Å². The van der Waals surface area contributed by atoms with Crippen LogP contribution in [0.5, 0.6) is 0 Å². The highest BCUT2D eigenvalue weighted by molar-refractivity contribution is 7.99. The maximum absolute atomic E-state index is 4.36. The Labute approximate surface area is 118 Å². The number of aromatic nitrogens is 2. The second kappa shape index (κ2) is 5.80. The van der Waals surface area contributed by atoms with Crippen LogP contribution in [0.25, 0.3) is 0 Å². The van der Waals surface area contributed by atoms with E-state index in [2.05, 4.69) is 46.2 Å². The zero-order chi connectivity index (χ0) is 13.1. The lowest BCUT2D eigenvalue weighted by atomic mass is 10.0. The van der Waals surface area contributed by atoms with Gasteiger partial charge in [-0.25, -0.2) is 4.98 Å². The van der Waals surface area contributed by atoms with Gasteiger partial charge < -0.3 is 9.88 Å². The topological polar surface area (TPSA) is 29.9 Å². The molecule has 4 heteroatoms. The number of hydrogen-bond donors (Lipinski definition) is 1. The lowest BCUT2D eigenvalue weighted by Gasteiger charge is -2.26. The molecule has 1 atom stereocenters. The van der Waals surface area contributed by atoms with Gasteiger partial charge in [0.1, 0.15) is 5.82 Å². The van der Waals surface area contributed by atoms with Crippen molar-refractivity contribution < 1.29 is 0 Å². The third kappa shape index (κ3) is 2.85. The highest BCUT2D eigenvalue weighted by Gasteiger charge is 2.19. The number of aryl methyl sites for hydroxylation is 1. The molecule has 1 N–H and O–H groups in total. The molecule has 1 aromatic heterocycles. The van der Waals surface area contributed by atoms with Crippen molar-refractivity contribution in [2.45, 2.75) is 23.8 Å². The van der Waals surface area contributed by atoms with Crippen molar-refractivity contribution >= 4 is 11.8 Å². The Balaban J connectivity index is 1.61. The lowest BCUT2D eigenvalue weighted by molar-refractivity contribution is 0.507. The number of hydrogen-bond acceptors (Lipinski definition) is 3. The van der Waals surface area contributed by atoms with Crippen molar-refractivity contribution in [2.24, 2.45) is 7.05 Å². The van der Waals surface area contributed by atoms with E-state index >= 15 is 0 Å². The molecule has 1 aromatic carbocycles. The fraction of sp³-hybridized carbons (Fsp3) is 0.400. The van der Waals surface area contributed by atoms with Crippen molar-refractivity contribution in [1.82, 2.24) is 14.9 Å². The molecule has 0 radical (unpaired) electrons. The minimum absolute atomic E-state index is 0.498. The third-order valence-corrected chi connectivity index (χ3v) is 4.74. The standard InChI is InChI=1S/C15H19N3S/c1-18-10-9-17-15(18)6-8-16-13-7-11-19-14-5-3-2-4-12(13)14/h2-5,9-10,13,16H,6-8,11H2,1H3. The smallest absolute Gasteiger partial charge is 0.109 e. The van der Waals surface area contributed by atoms with E-state index in [4.69, 9.17) is 0 Å². The van der Waals surface area contributed by atoms with Gasteiger partial charge >= 0.3 is 0 Å². The average molecular weight is 273 g/mol. The van der Waals surface area contributed by atoms with Crippen LogP contribution >= 0.6 is 11.8 Å². The first-order chi connectivity index (χ1) is 9.34. The molecule has 0 aliphatic carbocycles. The number of rotatable bonds is 4. The monoisotopic (exact) mass is 273 g/mol. The van der Waals surface area contributed by atoms with E-state index in [-0.39, 0.29) is 0 Å². The third-order valence-electron chi connectivity index (χ3n) is 3.62. The molecule has 1 aliphatic rings. The van der Waals surface area contributed by atoms with Crippen LogP contribution in [0.1, 0.15) is 23.9 Å². The van der Waals surface area contributed by atoms with E-state index < -0.39 is 0 Å². The van der Waals surface area contributed by atoms with Gasteiger partial charge in [-0.15, -0.1) is 11.8 Å². The molecule has 3 rings (SSSR count). The molecular formula is C15H19N3S. The quantitative estimate of drug-likeness (QED) is 0.929. The van der Waals surface area contributed by atoms with E-state index in [1.54, 1.807) is 0 Å². The molecule has 2 heterocycles. The average Bonchev–Trinajstić information content (AvgIpc) is 2.85. The summed E-state index contributed by atoms with van der Waals surface area (Å²) in [7, 11) is 2.05. The highest BCUT2D eigenvalue weighted by Crippen LogP contribution is 2.35. The second-order valence-electron chi connectivity index (χ2n) is 4.89. The molecule has 0 amide bonds. The minimum Gasteiger partial charge on any atom is -0.338 e. The molecule has 0 saturated carbocycles. The van der Waals surface area contributed by atoms with Gasteiger partial charge in [0.25, 0.3) is 0 Å². The zero-order valence-electron chi connectivity index (χ0n) is 11.2. The van der Waals surface area contributed by atoms with Gasteiger partial charge in [0.2, 0.25) is 0 Å². The molecule has 100 valence electrons. The fourth-order valence-corrected chi connectivity index (χ4v) is 3.67. The normalized spacial score (nSPS) is 18.3. The summed E-state index contributed by atoms with van der Waals surface area (Å²) in [6.07, 6.45) is 6.06. The molecular weight excluding hydrogens is 254 g/mol. The molecule has 3 nitrogen and oxygen atoms in total. The van der Waals surface area contributed by atoms with Gasteiger partial charge in [0.05, 0.1) is 0 Å². The summed E-state index contributed by atoms with van der Waals surface area (Å²) in [4.78, 5) is 5.80. The number of imidazole rings is 1. The van der Waals surface area contributed by atoms with Gasteiger partial charge in [-0.2, -0.15) is 0 Å². The van der Waals surface area contributed by atoms with Crippen LogP contribution in [0.4, 0.5) is 0 Å². The van der Waals surface area contributed by atoms with Crippen LogP contribution in [-0.4, -0.2) is 21.8 Å². The van der Waals surface area contributed by atoms with Crippen molar-refractivity contribution in [3.8, 4) is 0 Å². The predicted octanol–water partition coefficient (Wildman–Crippen LogP) is 2.79. The SMILES string of the molecule is Cn1ccnc1CCNC1CCSc2ccccc21. The van der Waals surface area contributed by atoms with Gasteiger partial charge in [0, 0.05) is 43.3 Å². The maximum atomic E-state index is 4.36. The maximum Gasteiger partial charge on any atom is 0.109 e. The summed E-state index contributed by atoms with van der Waals surface area (Å²) in [5, 5.41) is 3.68. The molecule has 2 aromatic rings. The van der Waals surface area contributed by atoms with E-state index in [1.807, 2.05) is 24.2 Å². The highest BCUT2D eigenvalue weighted by atomic mass is 32.2. The summed E-state index contributed by atoms with van der Waals surface area (Å²) < 4.78 is 2.09. The van der Waals surface area contributed by atoms with E-state index in [1.165, 1.54) is 22.6 Å². The van der Waals surface area contributed by atoms with Crippen LogP contribution in [0, 0.1) is 0 Å². The molecule has 0 saturated heterocycles. The number of nitrogens with one attached hydrogen (secondary N) is 1.